The summed E-state index contributed by atoms with van der Waals surface area (Å²) < 4.78 is 23.5. The summed E-state index contributed by atoms with van der Waals surface area (Å²) in [6.07, 6.45) is 5.74. The van der Waals surface area contributed by atoms with Crippen molar-refractivity contribution in [2.45, 2.75) is 212 Å². The molecule has 14 heteroatoms. The Balaban J connectivity index is 1.65. The van der Waals surface area contributed by atoms with Crippen LogP contribution in [0.5, 0.6) is 0 Å². The molecule has 0 spiro atoms. The lowest BCUT2D eigenvalue weighted by molar-refractivity contribution is -0.266. The predicted molar refractivity (Wildman–Crippen MR) is 241 cm³/mol. The van der Waals surface area contributed by atoms with Crippen LogP contribution in [0, 0.1) is 41.4 Å². The maximum absolute atomic E-state index is 14.3. The maximum Gasteiger partial charge on any atom is 0.329 e. The van der Waals surface area contributed by atoms with Crippen molar-refractivity contribution in [2.24, 2.45) is 41.4 Å². The number of esters is 1. The number of methoxy groups -OCH3 is 2. The molecule has 3 fully saturated rings. The van der Waals surface area contributed by atoms with Crippen LogP contribution in [0.3, 0.4) is 0 Å². The number of allylic oxidation sites excluding steroid dienone is 1. The largest absolute Gasteiger partial charge is 0.460 e. The molecule has 1 amide bonds. The number of ketones is 3. The van der Waals surface area contributed by atoms with Crippen LogP contribution in [-0.4, -0.2) is 130 Å². The molecule has 64 heavy (non-hydrogen) atoms. The van der Waals surface area contributed by atoms with Crippen molar-refractivity contribution in [3.63, 3.8) is 0 Å². The van der Waals surface area contributed by atoms with Gasteiger partial charge in [-0.25, -0.2) is 4.79 Å². The van der Waals surface area contributed by atoms with Gasteiger partial charge in [0.05, 0.1) is 24.4 Å². The lowest BCUT2D eigenvalue weighted by atomic mass is 9.78. The number of piperidine rings is 1. The van der Waals surface area contributed by atoms with Gasteiger partial charge in [-0.1, -0.05) is 73.3 Å². The molecule has 2 bridgehead atoms. The fourth-order valence-corrected chi connectivity index (χ4v) is 10.7. The number of Topliss-reactive ketones (excluding diaryl/α,β-unsaturated/α-hetero) is 3. The Bertz CT molecular complexity index is 1590. The number of aliphatic hydroxyl groups excluding tert-OH is 3. The number of fused-ring (bicyclic) bond motifs is 3. The molecule has 16 atom stereocenters. The molecule has 0 aromatic heterocycles. The van der Waals surface area contributed by atoms with Crippen LogP contribution in [0.25, 0.3) is 0 Å². The molecular weight excluding hydrogens is 823 g/mol. The van der Waals surface area contributed by atoms with Crippen LogP contribution in [0.15, 0.2) is 11.6 Å². The number of nitrogens with zero attached hydrogens (tertiary/aromatic N) is 1. The molecule has 4 N–H and O–H groups in total. The average Bonchev–Trinajstić information content (AvgIpc) is 3.26. The van der Waals surface area contributed by atoms with Crippen LogP contribution in [-0.2, 0) is 42.9 Å². The highest BCUT2D eigenvalue weighted by molar-refractivity contribution is 6.39. The third-order valence-electron chi connectivity index (χ3n) is 15.2. The second-order valence-corrected chi connectivity index (χ2v) is 20.5. The topological polar surface area (TPSA) is 206 Å². The number of hydrogen-bond acceptors (Lipinski definition) is 13. The molecule has 0 aromatic rings. The minimum absolute atomic E-state index is 0.0721. The van der Waals surface area contributed by atoms with E-state index in [2.05, 4.69) is 6.92 Å². The van der Waals surface area contributed by atoms with E-state index in [1.54, 1.807) is 34.0 Å². The normalized spacial score (nSPS) is 40.8. The lowest BCUT2D eigenvalue weighted by Crippen LogP contribution is -2.61. The first-order valence-corrected chi connectivity index (χ1v) is 24.5. The molecule has 1 aliphatic carbocycles. The van der Waals surface area contributed by atoms with Gasteiger partial charge < -0.3 is 44.3 Å². The van der Waals surface area contributed by atoms with E-state index in [-0.39, 0.29) is 73.1 Å². The number of ether oxygens (including phenoxy) is 4. The summed E-state index contributed by atoms with van der Waals surface area (Å²) in [6.45, 7) is 13.0. The highest BCUT2D eigenvalue weighted by Crippen LogP contribution is 2.38. The molecule has 2 saturated heterocycles. The quantitative estimate of drug-likeness (QED) is 0.141. The van der Waals surface area contributed by atoms with E-state index in [1.165, 1.54) is 12.0 Å². The van der Waals surface area contributed by atoms with E-state index in [0.717, 1.165) is 38.5 Å². The third kappa shape index (κ3) is 14.2. The Morgan fingerprint density at radius 2 is 1.50 bits per heavy atom. The van der Waals surface area contributed by atoms with Crippen LogP contribution in [0.4, 0.5) is 0 Å². The van der Waals surface area contributed by atoms with Crippen molar-refractivity contribution in [3.05, 3.63) is 11.6 Å². The smallest absolute Gasteiger partial charge is 0.329 e. The molecule has 1 unspecified atom stereocenters. The molecule has 3 heterocycles. The maximum atomic E-state index is 14.3. The first-order valence-electron chi connectivity index (χ1n) is 24.5. The number of cyclic esters (lactones) is 1. The standard InChI is InChI=1S/C50H83NO13/c1-29-15-11-10-12-16-30(2)40(53)27-37-20-18-35(7)50(60,64-37)47(57)48(58)51-22-14-13-17-38(51)49(59)63-42(32(4)25-36-19-21-39(52)43(26-36)61-8)28-41(54)31(3)24-34(6)45(56)46(62-9)44(55)33(5)23-29/h24,29-33,35-40,42-43,45-46,52-53,56,60H,10-23,25-28H2,1-9H3/b34-24+/t29-,30?,31-,32-,33-,35-,36-,37+,38+,39-,40+,42+,43-,45-,46+,50-/m1/s1. The van der Waals surface area contributed by atoms with E-state index in [0.29, 0.717) is 56.9 Å². The van der Waals surface area contributed by atoms with Crippen molar-refractivity contribution >= 4 is 29.2 Å². The highest BCUT2D eigenvalue weighted by atomic mass is 16.6. The Hall–Kier alpha value is -2.59. The van der Waals surface area contributed by atoms with Gasteiger partial charge in [-0.3, -0.25) is 19.2 Å². The van der Waals surface area contributed by atoms with Crippen molar-refractivity contribution in [1.29, 1.82) is 0 Å². The summed E-state index contributed by atoms with van der Waals surface area (Å²) in [4.78, 5) is 71.6. The van der Waals surface area contributed by atoms with E-state index in [4.69, 9.17) is 18.9 Å². The zero-order valence-electron chi connectivity index (χ0n) is 40.4. The first-order chi connectivity index (χ1) is 30.2. The molecular formula is C50H83NO13. The van der Waals surface area contributed by atoms with Crippen molar-refractivity contribution < 1.29 is 63.3 Å². The third-order valence-corrected chi connectivity index (χ3v) is 15.2. The Morgan fingerprint density at radius 3 is 2.19 bits per heavy atom. The van der Waals surface area contributed by atoms with Crippen LogP contribution < -0.4 is 0 Å². The van der Waals surface area contributed by atoms with Crippen LogP contribution >= 0.6 is 0 Å². The van der Waals surface area contributed by atoms with Gasteiger partial charge in [0.15, 0.2) is 5.78 Å². The molecule has 14 nitrogen and oxygen atoms in total. The van der Waals surface area contributed by atoms with Crippen molar-refractivity contribution in [1.82, 2.24) is 4.90 Å². The van der Waals surface area contributed by atoms with Gasteiger partial charge in [0.25, 0.3) is 11.7 Å². The summed E-state index contributed by atoms with van der Waals surface area (Å²) in [5.41, 5.74) is 0.405. The predicted octanol–water partition coefficient (Wildman–Crippen LogP) is 6.05. The summed E-state index contributed by atoms with van der Waals surface area (Å²) in [5, 5.41) is 45.0. The number of amides is 1. The van der Waals surface area contributed by atoms with Crippen LogP contribution in [0.2, 0.25) is 0 Å². The minimum Gasteiger partial charge on any atom is -0.460 e. The number of aliphatic hydroxyl groups is 4. The molecule has 4 aliphatic rings. The fraction of sp³-hybridized carbons (Fsp3) is 0.860. The van der Waals surface area contributed by atoms with Gasteiger partial charge in [-0.2, -0.15) is 0 Å². The number of carbonyl (C=O) groups is 5. The molecule has 1 saturated carbocycles. The Labute approximate surface area is 382 Å². The average molecular weight is 906 g/mol. The van der Waals surface area contributed by atoms with Gasteiger partial charge in [-0.15, -0.1) is 0 Å². The second-order valence-electron chi connectivity index (χ2n) is 20.5. The zero-order valence-corrected chi connectivity index (χ0v) is 40.4. The lowest BCUT2D eigenvalue weighted by Gasteiger charge is -2.42. The van der Waals surface area contributed by atoms with Gasteiger partial charge in [-0.05, 0) is 113 Å². The second kappa shape index (κ2) is 25.0. The monoisotopic (exact) mass is 906 g/mol. The van der Waals surface area contributed by atoms with Gasteiger partial charge in [0, 0.05) is 44.9 Å². The van der Waals surface area contributed by atoms with Gasteiger partial charge >= 0.3 is 5.97 Å². The first kappa shape index (κ1) is 54.0. The number of hydrogen-bond donors (Lipinski definition) is 4. The SMILES string of the molecule is CO[C@@H]1C[C@@H](C[C@@H](C)[C@@H]2CC(=O)[C@H](C)/C=C(\C)[C@@H](O)[C@@H](OC)C(=O)[C@H](C)C[C@H](C)CCCCCC(C)[C@@H](O)C[C@@H]3CC[C@@H](C)[C@@](O)(O3)C(=O)C(=O)N3CCCC[C@H]3C(=O)O2)CC[C@H]1O. The number of rotatable bonds is 5. The molecule has 366 valence electrons. The Kier molecular flexibility index (Phi) is 21.1. The molecule has 0 radical (unpaired) electrons. The van der Waals surface area contributed by atoms with Gasteiger partial charge in [0.2, 0.25) is 5.79 Å². The summed E-state index contributed by atoms with van der Waals surface area (Å²) in [6, 6.07) is -1.14. The van der Waals surface area contributed by atoms with Crippen molar-refractivity contribution in [3.8, 4) is 0 Å². The summed E-state index contributed by atoms with van der Waals surface area (Å²) in [5.74, 6) is -7.70. The van der Waals surface area contributed by atoms with E-state index in [9.17, 15) is 44.4 Å². The molecule has 4 rings (SSSR count). The van der Waals surface area contributed by atoms with Crippen molar-refractivity contribution in [2.75, 3.05) is 20.8 Å². The summed E-state index contributed by atoms with van der Waals surface area (Å²) >= 11 is 0. The fourth-order valence-electron chi connectivity index (χ4n) is 10.7. The summed E-state index contributed by atoms with van der Waals surface area (Å²) in [7, 11) is 2.96. The minimum atomic E-state index is -2.44. The molecule has 0 aromatic carbocycles. The molecule has 3 aliphatic heterocycles. The van der Waals surface area contributed by atoms with Gasteiger partial charge in [0.1, 0.15) is 30.1 Å². The van der Waals surface area contributed by atoms with Crippen LogP contribution in [0.1, 0.15) is 158 Å². The van der Waals surface area contributed by atoms with E-state index >= 15 is 0 Å². The Morgan fingerprint density at radius 1 is 0.812 bits per heavy atom. The number of carbonyl (C=O) groups excluding carboxylic acids is 5. The zero-order chi connectivity index (χ0) is 47.5. The van der Waals surface area contributed by atoms with E-state index < -0.39 is 77.9 Å². The highest BCUT2D eigenvalue weighted by Gasteiger charge is 2.53. The van der Waals surface area contributed by atoms with E-state index in [1.807, 2.05) is 20.8 Å².